The number of benzene rings is 2. The molecule has 0 aliphatic carbocycles. The van der Waals surface area contributed by atoms with Crippen LogP contribution in [0.5, 0.6) is 0 Å². The molecule has 1 aliphatic rings. The van der Waals surface area contributed by atoms with Gasteiger partial charge in [-0.15, -0.1) is 0 Å². The Hall–Kier alpha value is -2.67. The number of rotatable bonds is 0. The van der Waals surface area contributed by atoms with Gasteiger partial charge in [0.25, 0.3) is 0 Å². The van der Waals surface area contributed by atoms with Crippen molar-refractivity contribution in [3.8, 4) is 0 Å². The molecule has 1 aliphatic heterocycles. The number of aliphatic imine (C=N–C) groups is 1. The predicted octanol–water partition coefficient (Wildman–Crippen LogP) is 6.23. The Morgan fingerprint density at radius 3 is 1.92 bits per heavy atom. The number of hydrogen-bond donors (Lipinski definition) is 0. The third kappa shape index (κ3) is 3.46. The second kappa shape index (κ2) is 6.45. The van der Waals surface area contributed by atoms with Crippen LogP contribution in [-0.2, 0) is 0 Å². The van der Waals surface area contributed by atoms with Crippen LogP contribution in [0.4, 0.5) is 0 Å². The monoisotopic (exact) mass is 313 g/mol. The lowest BCUT2D eigenvalue weighted by Crippen LogP contribution is -2.04. The zero-order valence-corrected chi connectivity index (χ0v) is 14.6. The Morgan fingerprint density at radius 1 is 0.792 bits per heavy atom. The van der Waals surface area contributed by atoms with Gasteiger partial charge in [0.2, 0.25) is 0 Å². The van der Waals surface area contributed by atoms with E-state index < -0.39 is 0 Å². The summed E-state index contributed by atoms with van der Waals surface area (Å²) in [5.41, 5.74) is 6.29. The molecule has 1 heterocycles. The fourth-order valence-electron chi connectivity index (χ4n) is 2.86. The zero-order valence-electron chi connectivity index (χ0n) is 14.6. The van der Waals surface area contributed by atoms with Gasteiger partial charge in [0.05, 0.1) is 5.70 Å². The van der Waals surface area contributed by atoms with Crippen molar-refractivity contribution < 1.29 is 0 Å². The summed E-state index contributed by atoms with van der Waals surface area (Å²) in [5, 5.41) is 0. The first-order chi connectivity index (χ1) is 11.5. The molecule has 0 saturated heterocycles. The summed E-state index contributed by atoms with van der Waals surface area (Å²) < 4.78 is 0. The van der Waals surface area contributed by atoms with E-state index in [9.17, 15) is 0 Å². The Bertz CT molecular complexity index is 863. The summed E-state index contributed by atoms with van der Waals surface area (Å²) in [5.74, 6) is 0. The van der Waals surface area contributed by atoms with Gasteiger partial charge in [0.15, 0.2) is 0 Å². The minimum atomic E-state index is -0.0359. The van der Waals surface area contributed by atoms with Gasteiger partial charge in [-0.05, 0) is 18.1 Å². The van der Waals surface area contributed by atoms with Gasteiger partial charge in [-0.3, -0.25) is 4.99 Å². The molecule has 0 aromatic heterocycles. The molecular formula is C23H23N. The molecular weight excluding hydrogens is 290 g/mol. The summed E-state index contributed by atoms with van der Waals surface area (Å²) in [6.45, 7) is 10.7. The summed E-state index contributed by atoms with van der Waals surface area (Å²) in [6, 6.07) is 16.7. The maximum Gasteiger partial charge on any atom is 0.0639 e. The highest BCUT2D eigenvalue weighted by Crippen LogP contribution is 2.27. The van der Waals surface area contributed by atoms with Crippen LogP contribution in [0.15, 0.2) is 72.3 Å². The Balaban J connectivity index is 2.23. The van der Waals surface area contributed by atoms with E-state index in [0.29, 0.717) is 0 Å². The molecule has 24 heavy (non-hydrogen) atoms. The molecule has 3 rings (SSSR count). The van der Waals surface area contributed by atoms with Crippen molar-refractivity contribution in [1.29, 1.82) is 0 Å². The molecule has 0 saturated carbocycles. The largest absolute Gasteiger partial charge is 0.253 e. The van der Waals surface area contributed by atoms with Gasteiger partial charge >= 0.3 is 0 Å². The molecule has 2 aromatic carbocycles. The van der Waals surface area contributed by atoms with Crippen molar-refractivity contribution in [2.45, 2.75) is 20.8 Å². The summed E-state index contributed by atoms with van der Waals surface area (Å²) in [7, 11) is 0. The van der Waals surface area contributed by atoms with Crippen molar-refractivity contribution in [3.05, 3.63) is 89.5 Å². The SMILES string of the molecule is C=C1/N=C(\C)c2ccccc2/C=C\C(C)(C)/C=C\c2ccccc21. The van der Waals surface area contributed by atoms with Gasteiger partial charge in [-0.25, -0.2) is 0 Å². The van der Waals surface area contributed by atoms with Crippen LogP contribution < -0.4 is 0 Å². The van der Waals surface area contributed by atoms with Crippen LogP contribution in [0.2, 0.25) is 0 Å². The quantitative estimate of drug-likeness (QED) is 0.546. The van der Waals surface area contributed by atoms with Crippen LogP contribution in [-0.4, -0.2) is 5.71 Å². The van der Waals surface area contributed by atoms with E-state index in [4.69, 9.17) is 4.99 Å². The van der Waals surface area contributed by atoms with Crippen LogP contribution >= 0.6 is 0 Å². The van der Waals surface area contributed by atoms with E-state index in [2.05, 4.69) is 87.2 Å². The average molecular weight is 313 g/mol. The fraction of sp³-hybridized carbons (Fsp3) is 0.174. The van der Waals surface area contributed by atoms with E-state index in [1.54, 1.807) is 0 Å². The first-order valence-electron chi connectivity index (χ1n) is 8.28. The van der Waals surface area contributed by atoms with Gasteiger partial charge in [0.1, 0.15) is 0 Å². The van der Waals surface area contributed by atoms with E-state index in [1.165, 1.54) is 5.56 Å². The second-order valence-corrected chi connectivity index (χ2v) is 6.81. The Morgan fingerprint density at radius 2 is 1.29 bits per heavy atom. The van der Waals surface area contributed by atoms with Crippen molar-refractivity contribution in [2.24, 2.45) is 10.4 Å². The summed E-state index contributed by atoms with van der Waals surface area (Å²) in [6.07, 6.45) is 8.84. The normalized spacial score (nSPS) is 21.3. The Kier molecular flexibility index (Phi) is 4.35. The molecule has 2 aromatic rings. The van der Waals surface area contributed by atoms with Gasteiger partial charge in [-0.2, -0.15) is 0 Å². The van der Waals surface area contributed by atoms with E-state index in [0.717, 1.165) is 28.1 Å². The zero-order chi connectivity index (χ0) is 17.2. The third-order valence-corrected chi connectivity index (χ3v) is 4.31. The van der Waals surface area contributed by atoms with Gasteiger partial charge in [-0.1, -0.05) is 93.3 Å². The lowest BCUT2D eigenvalue weighted by Gasteiger charge is -2.17. The number of allylic oxidation sites excluding steroid dienone is 2. The lowest BCUT2D eigenvalue weighted by atomic mass is 9.89. The van der Waals surface area contributed by atoms with Crippen molar-refractivity contribution >= 4 is 23.6 Å². The fourth-order valence-corrected chi connectivity index (χ4v) is 2.86. The number of nitrogens with zero attached hydrogens (tertiary/aromatic N) is 1. The first-order valence-corrected chi connectivity index (χ1v) is 8.28. The maximum atomic E-state index is 4.78. The molecule has 0 N–H and O–H groups in total. The number of hydrogen-bond acceptors (Lipinski definition) is 1. The Labute approximate surface area is 144 Å². The topological polar surface area (TPSA) is 12.4 Å². The van der Waals surface area contributed by atoms with Gasteiger partial charge in [0, 0.05) is 22.3 Å². The highest BCUT2D eigenvalue weighted by Gasteiger charge is 2.12. The molecule has 0 fully saturated rings. The van der Waals surface area contributed by atoms with Crippen molar-refractivity contribution in [1.82, 2.24) is 0 Å². The van der Waals surface area contributed by atoms with Crippen molar-refractivity contribution in [2.75, 3.05) is 0 Å². The molecule has 120 valence electrons. The average Bonchev–Trinajstić information content (AvgIpc) is 2.58. The molecule has 0 unspecified atom stereocenters. The smallest absolute Gasteiger partial charge is 0.0639 e. The summed E-state index contributed by atoms with van der Waals surface area (Å²) in [4.78, 5) is 4.78. The molecule has 0 radical (unpaired) electrons. The highest BCUT2D eigenvalue weighted by molar-refractivity contribution is 6.04. The van der Waals surface area contributed by atoms with E-state index in [-0.39, 0.29) is 5.41 Å². The minimum Gasteiger partial charge on any atom is -0.253 e. The predicted molar refractivity (Wildman–Crippen MR) is 106 cm³/mol. The first kappa shape index (κ1) is 16.2. The summed E-state index contributed by atoms with van der Waals surface area (Å²) >= 11 is 0. The van der Waals surface area contributed by atoms with Crippen LogP contribution in [0.3, 0.4) is 0 Å². The number of fused-ring (bicyclic) bond motifs is 2. The molecule has 1 nitrogen and oxygen atoms in total. The van der Waals surface area contributed by atoms with Gasteiger partial charge < -0.3 is 0 Å². The highest BCUT2D eigenvalue weighted by atomic mass is 14.8. The molecule has 0 atom stereocenters. The minimum absolute atomic E-state index is 0.0359. The lowest BCUT2D eigenvalue weighted by molar-refractivity contribution is 0.632. The molecule has 0 amide bonds. The van der Waals surface area contributed by atoms with E-state index >= 15 is 0 Å². The second-order valence-electron chi connectivity index (χ2n) is 6.81. The standard InChI is InChI=1S/C23H23N/c1-17-21-11-7-5-9-19(21)13-15-23(3,4)16-14-20-10-6-8-12-22(20)18(2)24-17/h5-16H,1H2,2-4H3/b15-13-,16-14-,24-18+. The maximum absolute atomic E-state index is 4.78. The third-order valence-electron chi connectivity index (χ3n) is 4.31. The molecule has 0 bridgehead atoms. The van der Waals surface area contributed by atoms with Crippen molar-refractivity contribution in [3.63, 3.8) is 0 Å². The molecule has 1 heteroatoms. The van der Waals surface area contributed by atoms with Crippen LogP contribution in [0, 0.1) is 5.41 Å². The molecule has 0 spiro atoms. The van der Waals surface area contributed by atoms with E-state index in [1.807, 2.05) is 13.0 Å². The van der Waals surface area contributed by atoms with Crippen LogP contribution in [0.1, 0.15) is 43.0 Å². The van der Waals surface area contributed by atoms with Crippen LogP contribution in [0.25, 0.3) is 17.8 Å².